The van der Waals surface area contributed by atoms with E-state index in [2.05, 4.69) is 18.8 Å². The summed E-state index contributed by atoms with van der Waals surface area (Å²) in [6.45, 7) is 5.82. The number of H-pyrrole nitrogens is 1. The topological polar surface area (TPSA) is 79.2 Å². The molecule has 2 unspecified atom stereocenters. The van der Waals surface area contributed by atoms with Crippen LogP contribution in [0.25, 0.3) is 0 Å². The second-order valence-electron chi connectivity index (χ2n) is 5.17. The van der Waals surface area contributed by atoms with Crippen molar-refractivity contribution >= 4 is 10.0 Å². The van der Waals surface area contributed by atoms with Crippen LogP contribution in [0.2, 0.25) is 0 Å². The van der Waals surface area contributed by atoms with E-state index in [0.29, 0.717) is 36.4 Å². The number of aromatic nitrogens is 1. The van der Waals surface area contributed by atoms with Crippen LogP contribution in [0.4, 0.5) is 0 Å². The molecular weight excluding hydrogens is 250 g/mol. The fourth-order valence-corrected chi connectivity index (χ4v) is 3.85. The summed E-state index contributed by atoms with van der Waals surface area (Å²) in [4.78, 5) is 3.21. The van der Waals surface area contributed by atoms with Gasteiger partial charge in [-0.2, -0.15) is 4.31 Å². The zero-order chi connectivity index (χ0) is 13.3. The zero-order valence-electron chi connectivity index (χ0n) is 10.9. The van der Waals surface area contributed by atoms with Crippen molar-refractivity contribution in [1.82, 2.24) is 9.29 Å². The maximum absolute atomic E-state index is 12.4. The summed E-state index contributed by atoms with van der Waals surface area (Å²) >= 11 is 0. The van der Waals surface area contributed by atoms with E-state index in [1.807, 2.05) is 0 Å². The molecule has 0 amide bonds. The van der Waals surface area contributed by atoms with E-state index in [-0.39, 0.29) is 0 Å². The van der Waals surface area contributed by atoms with Crippen LogP contribution >= 0.6 is 0 Å². The van der Waals surface area contributed by atoms with Gasteiger partial charge in [-0.15, -0.1) is 0 Å². The molecule has 0 saturated carbocycles. The lowest BCUT2D eigenvalue weighted by Gasteiger charge is -2.34. The predicted molar refractivity (Wildman–Crippen MR) is 70.4 cm³/mol. The van der Waals surface area contributed by atoms with Crippen molar-refractivity contribution in [3.05, 3.63) is 18.0 Å². The van der Waals surface area contributed by atoms with E-state index in [1.165, 1.54) is 6.20 Å². The highest BCUT2D eigenvalue weighted by atomic mass is 32.2. The maximum atomic E-state index is 12.4. The molecule has 18 heavy (non-hydrogen) atoms. The molecule has 1 aliphatic rings. The van der Waals surface area contributed by atoms with Crippen molar-refractivity contribution in [1.29, 1.82) is 0 Å². The van der Waals surface area contributed by atoms with Crippen molar-refractivity contribution < 1.29 is 8.42 Å². The van der Waals surface area contributed by atoms with E-state index in [0.717, 1.165) is 12.1 Å². The molecule has 6 heteroatoms. The monoisotopic (exact) mass is 271 g/mol. The first-order valence-corrected chi connectivity index (χ1v) is 7.76. The first kappa shape index (κ1) is 13.6. The molecule has 0 spiro atoms. The van der Waals surface area contributed by atoms with Crippen LogP contribution in [-0.4, -0.2) is 30.8 Å². The van der Waals surface area contributed by atoms with E-state index in [1.54, 1.807) is 10.4 Å². The van der Waals surface area contributed by atoms with Crippen molar-refractivity contribution in [3.63, 3.8) is 0 Å². The Morgan fingerprint density at radius 3 is 2.72 bits per heavy atom. The molecule has 0 radical (unpaired) electrons. The largest absolute Gasteiger partial charge is 0.363 e. The van der Waals surface area contributed by atoms with E-state index in [9.17, 15) is 8.42 Å². The molecule has 0 aromatic carbocycles. The second kappa shape index (κ2) is 5.03. The highest BCUT2D eigenvalue weighted by Crippen LogP contribution is 2.27. The van der Waals surface area contributed by atoms with E-state index >= 15 is 0 Å². The van der Waals surface area contributed by atoms with Crippen LogP contribution in [-0.2, 0) is 16.6 Å². The summed E-state index contributed by atoms with van der Waals surface area (Å²) < 4.78 is 26.5. The molecule has 102 valence electrons. The van der Waals surface area contributed by atoms with Crippen molar-refractivity contribution in [3.8, 4) is 0 Å². The number of nitrogens with one attached hydrogen (secondary N) is 1. The van der Waals surface area contributed by atoms with Gasteiger partial charge >= 0.3 is 0 Å². The molecule has 2 atom stereocenters. The van der Waals surface area contributed by atoms with E-state index < -0.39 is 10.0 Å². The van der Waals surface area contributed by atoms with Gasteiger partial charge in [0.15, 0.2) is 0 Å². The molecule has 3 N–H and O–H groups in total. The summed E-state index contributed by atoms with van der Waals surface area (Å²) in [6, 6.07) is 1.62. The van der Waals surface area contributed by atoms with Gasteiger partial charge in [-0.3, -0.25) is 0 Å². The van der Waals surface area contributed by atoms with E-state index in [4.69, 9.17) is 5.73 Å². The highest BCUT2D eigenvalue weighted by molar-refractivity contribution is 7.89. The fourth-order valence-electron chi connectivity index (χ4n) is 2.28. The standard InChI is InChI=1S/C12H21N3O2S/c1-9-3-4-15(8-10(9)2)18(16,17)12-5-11(6-13)14-7-12/h5,7,9-10,14H,3-4,6,8,13H2,1-2H3. The summed E-state index contributed by atoms with van der Waals surface area (Å²) in [7, 11) is -3.36. The molecule has 2 rings (SSSR count). The smallest absolute Gasteiger partial charge is 0.244 e. The van der Waals surface area contributed by atoms with Gasteiger partial charge < -0.3 is 10.7 Å². The Balaban J connectivity index is 2.21. The number of nitrogens with zero attached hydrogens (tertiary/aromatic N) is 1. The van der Waals surface area contributed by atoms with Gasteiger partial charge in [0.1, 0.15) is 0 Å². The minimum atomic E-state index is -3.36. The predicted octanol–water partition coefficient (Wildman–Crippen LogP) is 1.14. The molecule has 1 aliphatic heterocycles. The molecule has 2 heterocycles. The molecule has 0 aliphatic carbocycles. The lowest BCUT2D eigenvalue weighted by Crippen LogP contribution is -2.42. The zero-order valence-corrected chi connectivity index (χ0v) is 11.7. The summed E-state index contributed by atoms with van der Waals surface area (Å²) in [5, 5.41) is 0. The Morgan fingerprint density at radius 1 is 1.44 bits per heavy atom. The van der Waals surface area contributed by atoms with Gasteiger partial charge in [0.25, 0.3) is 0 Å². The first-order valence-electron chi connectivity index (χ1n) is 6.32. The third kappa shape index (κ3) is 2.46. The normalized spacial score (nSPS) is 26.4. The lowest BCUT2D eigenvalue weighted by atomic mass is 9.90. The van der Waals surface area contributed by atoms with Crippen LogP contribution in [0.3, 0.4) is 0 Å². The Hall–Kier alpha value is -0.850. The summed E-state index contributed by atoms with van der Waals surface area (Å²) in [6.07, 6.45) is 2.45. The van der Waals surface area contributed by atoms with Gasteiger partial charge in [-0.25, -0.2) is 8.42 Å². The summed E-state index contributed by atoms with van der Waals surface area (Å²) in [5.74, 6) is 0.990. The van der Waals surface area contributed by atoms with Crippen LogP contribution in [0.1, 0.15) is 26.0 Å². The first-order chi connectivity index (χ1) is 8.45. The third-order valence-corrected chi connectivity index (χ3v) is 5.71. The number of aromatic amines is 1. The number of piperidine rings is 1. The number of nitrogens with two attached hydrogens (primary N) is 1. The Kier molecular flexibility index (Phi) is 3.79. The molecule has 1 fully saturated rings. The average Bonchev–Trinajstić information content (AvgIpc) is 2.81. The van der Waals surface area contributed by atoms with Gasteiger partial charge in [0.05, 0.1) is 4.90 Å². The molecule has 1 saturated heterocycles. The Morgan fingerprint density at radius 2 is 2.17 bits per heavy atom. The van der Waals surface area contributed by atoms with Crippen LogP contribution in [0.15, 0.2) is 17.2 Å². The van der Waals surface area contributed by atoms with Crippen molar-refractivity contribution in [2.75, 3.05) is 13.1 Å². The number of hydrogen-bond acceptors (Lipinski definition) is 3. The highest BCUT2D eigenvalue weighted by Gasteiger charge is 2.32. The number of rotatable bonds is 3. The number of sulfonamides is 1. The fraction of sp³-hybridized carbons (Fsp3) is 0.667. The SMILES string of the molecule is CC1CCN(S(=O)(=O)c2c[nH]c(CN)c2)CC1C. The Bertz CT molecular complexity index is 509. The average molecular weight is 271 g/mol. The van der Waals surface area contributed by atoms with Gasteiger partial charge in [-0.05, 0) is 24.3 Å². The quantitative estimate of drug-likeness (QED) is 0.865. The van der Waals surface area contributed by atoms with Crippen molar-refractivity contribution in [2.45, 2.75) is 31.7 Å². The van der Waals surface area contributed by atoms with Crippen LogP contribution in [0.5, 0.6) is 0 Å². The minimum Gasteiger partial charge on any atom is -0.363 e. The maximum Gasteiger partial charge on any atom is 0.244 e. The number of hydrogen-bond donors (Lipinski definition) is 2. The molecule has 1 aromatic heterocycles. The van der Waals surface area contributed by atoms with Crippen LogP contribution < -0.4 is 5.73 Å². The lowest BCUT2D eigenvalue weighted by molar-refractivity contribution is 0.212. The van der Waals surface area contributed by atoms with Gasteiger partial charge in [0.2, 0.25) is 10.0 Å². The molecule has 0 bridgehead atoms. The second-order valence-corrected chi connectivity index (χ2v) is 7.11. The molecule has 1 aromatic rings. The minimum absolute atomic E-state index is 0.322. The Labute approximate surface area is 108 Å². The van der Waals surface area contributed by atoms with Gasteiger partial charge in [0, 0.05) is 31.5 Å². The van der Waals surface area contributed by atoms with Crippen molar-refractivity contribution in [2.24, 2.45) is 17.6 Å². The summed E-state index contributed by atoms with van der Waals surface area (Å²) in [5.41, 5.74) is 6.23. The third-order valence-electron chi connectivity index (χ3n) is 3.87. The molecular formula is C12H21N3O2S. The van der Waals surface area contributed by atoms with Gasteiger partial charge in [-0.1, -0.05) is 13.8 Å². The molecule has 5 nitrogen and oxygen atoms in total. The van der Waals surface area contributed by atoms with Crippen LogP contribution in [0, 0.1) is 11.8 Å².